The molecule has 1 rings (SSSR count). The Bertz CT molecular complexity index is 563. The van der Waals surface area contributed by atoms with E-state index in [1.165, 1.54) is 36.6 Å². The number of carbonyl (C=O) groups excluding carboxylic acids is 1. The van der Waals surface area contributed by atoms with E-state index >= 15 is 0 Å². The maximum atomic E-state index is 12.4. The minimum absolute atomic E-state index is 0.104. The lowest BCUT2D eigenvalue weighted by atomic mass is 10.2. The summed E-state index contributed by atoms with van der Waals surface area (Å²) in [6, 6.07) is -0.104. The van der Waals surface area contributed by atoms with Gasteiger partial charge in [0, 0.05) is 19.6 Å². The van der Waals surface area contributed by atoms with Gasteiger partial charge in [-0.2, -0.15) is 5.10 Å². The van der Waals surface area contributed by atoms with Crippen LogP contribution in [0.3, 0.4) is 0 Å². The molecule has 0 aromatic carbocycles. The van der Waals surface area contributed by atoms with Crippen molar-refractivity contribution >= 4 is 11.6 Å². The molecule has 0 fully saturated rings. The van der Waals surface area contributed by atoms with Crippen LogP contribution in [0.15, 0.2) is 6.20 Å². The normalized spacial score (nSPS) is 12.3. The zero-order valence-corrected chi connectivity index (χ0v) is 16.5. The molecule has 148 valence electrons. The van der Waals surface area contributed by atoms with Gasteiger partial charge in [-0.3, -0.25) is 19.6 Å². The Balaban J connectivity index is 2.63. The number of aromatic nitrogens is 2. The van der Waals surface area contributed by atoms with E-state index in [9.17, 15) is 14.9 Å². The monoisotopic (exact) mass is 367 g/mol. The Labute approximate surface area is 156 Å². The van der Waals surface area contributed by atoms with Crippen molar-refractivity contribution in [3.05, 3.63) is 22.0 Å². The largest absolute Gasteiger partial charge is 0.347 e. The van der Waals surface area contributed by atoms with Crippen molar-refractivity contribution in [1.29, 1.82) is 0 Å². The molecule has 1 aromatic rings. The minimum atomic E-state index is -0.575. The number of rotatable bonds is 13. The van der Waals surface area contributed by atoms with Gasteiger partial charge in [-0.05, 0) is 32.9 Å². The Morgan fingerprint density at radius 2 is 1.85 bits per heavy atom. The topological polar surface area (TPSA) is 93.3 Å². The SMILES string of the molecule is CCCCCN(CCCCC)CC(C)NC(=O)c1nn(C)cc1[N+](=O)[O-]. The van der Waals surface area contributed by atoms with Gasteiger partial charge >= 0.3 is 5.69 Å². The molecule has 1 amide bonds. The zero-order chi connectivity index (χ0) is 19.5. The van der Waals surface area contributed by atoms with Gasteiger partial charge in [0.05, 0.1) is 4.92 Å². The predicted octanol–water partition coefficient (Wildman–Crippen LogP) is 3.13. The Kier molecular flexibility index (Phi) is 9.87. The van der Waals surface area contributed by atoms with Gasteiger partial charge in [0.15, 0.2) is 0 Å². The van der Waals surface area contributed by atoms with Crippen LogP contribution in [0, 0.1) is 10.1 Å². The van der Waals surface area contributed by atoms with Crippen molar-refractivity contribution in [3.63, 3.8) is 0 Å². The van der Waals surface area contributed by atoms with Crippen molar-refractivity contribution in [2.45, 2.75) is 65.3 Å². The van der Waals surface area contributed by atoms with Crippen LogP contribution in [0.2, 0.25) is 0 Å². The summed E-state index contributed by atoms with van der Waals surface area (Å²) in [7, 11) is 1.57. The number of amides is 1. The van der Waals surface area contributed by atoms with Gasteiger partial charge in [-0.25, -0.2) is 0 Å². The molecule has 0 aliphatic heterocycles. The van der Waals surface area contributed by atoms with E-state index in [1.807, 2.05) is 6.92 Å². The molecule has 0 radical (unpaired) electrons. The van der Waals surface area contributed by atoms with Crippen LogP contribution >= 0.6 is 0 Å². The van der Waals surface area contributed by atoms with Gasteiger partial charge in [0.2, 0.25) is 5.69 Å². The summed E-state index contributed by atoms with van der Waals surface area (Å²) in [5.74, 6) is -0.494. The minimum Gasteiger partial charge on any atom is -0.347 e. The van der Waals surface area contributed by atoms with E-state index in [0.29, 0.717) is 0 Å². The van der Waals surface area contributed by atoms with Crippen LogP contribution in [0.1, 0.15) is 69.8 Å². The number of hydrogen-bond acceptors (Lipinski definition) is 5. The molecule has 0 bridgehead atoms. The molecule has 0 aliphatic carbocycles. The lowest BCUT2D eigenvalue weighted by molar-refractivity contribution is -0.385. The molecule has 26 heavy (non-hydrogen) atoms. The van der Waals surface area contributed by atoms with Crippen molar-refractivity contribution in [2.75, 3.05) is 19.6 Å². The Hall–Kier alpha value is -1.96. The molecule has 0 saturated carbocycles. The highest BCUT2D eigenvalue weighted by molar-refractivity contribution is 5.96. The van der Waals surface area contributed by atoms with Crippen molar-refractivity contribution in [3.8, 4) is 0 Å². The first kappa shape index (κ1) is 22.1. The van der Waals surface area contributed by atoms with Crippen LogP contribution in [0.4, 0.5) is 5.69 Å². The molecular formula is C18H33N5O3. The second-order valence-corrected chi connectivity index (χ2v) is 6.88. The highest BCUT2D eigenvalue weighted by atomic mass is 16.6. The molecule has 8 nitrogen and oxygen atoms in total. The fourth-order valence-electron chi connectivity index (χ4n) is 2.96. The molecular weight excluding hydrogens is 334 g/mol. The van der Waals surface area contributed by atoms with Crippen LogP contribution in [0.5, 0.6) is 0 Å². The molecule has 0 aliphatic rings. The third kappa shape index (κ3) is 7.51. The van der Waals surface area contributed by atoms with Gasteiger partial charge in [-0.1, -0.05) is 39.5 Å². The first-order valence-electron chi connectivity index (χ1n) is 9.60. The third-order valence-electron chi connectivity index (χ3n) is 4.29. The summed E-state index contributed by atoms with van der Waals surface area (Å²) in [5, 5.41) is 17.9. The quantitative estimate of drug-likeness (QED) is 0.328. The maximum absolute atomic E-state index is 12.4. The van der Waals surface area contributed by atoms with Gasteiger partial charge in [0.1, 0.15) is 6.20 Å². The van der Waals surface area contributed by atoms with E-state index < -0.39 is 10.8 Å². The number of nitrogens with one attached hydrogen (secondary N) is 1. The average Bonchev–Trinajstić information content (AvgIpc) is 2.97. The second-order valence-electron chi connectivity index (χ2n) is 6.88. The van der Waals surface area contributed by atoms with Crippen LogP contribution in [0.25, 0.3) is 0 Å². The van der Waals surface area contributed by atoms with E-state index in [1.54, 1.807) is 7.05 Å². The van der Waals surface area contributed by atoms with Gasteiger partial charge in [0.25, 0.3) is 5.91 Å². The number of nitrogens with zero attached hydrogens (tertiary/aromatic N) is 4. The molecule has 1 unspecified atom stereocenters. The Morgan fingerprint density at radius 1 is 1.27 bits per heavy atom. The molecule has 0 spiro atoms. The van der Waals surface area contributed by atoms with E-state index in [2.05, 4.69) is 29.2 Å². The standard InChI is InChI=1S/C18H33N5O3/c1-5-7-9-11-22(12-10-8-6-2)13-15(3)19-18(24)17-16(23(25)26)14-21(4)20-17/h14-15H,5-13H2,1-4H3,(H,19,24). The number of carbonyl (C=O) groups is 1. The number of nitro groups is 1. The van der Waals surface area contributed by atoms with Crippen molar-refractivity contribution in [2.24, 2.45) is 7.05 Å². The molecule has 8 heteroatoms. The molecule has 1 aromatic heterocycles. The summed E-state index contributed by atoms with van der Waals surface area (Å²) in [5.41, 5.74) is -0.396. The summed E-state index contributed by atoms with van der Waals surface area (Å²) in [6.45, 7) is 9.07. The lowest BCUT2D eigenvalue weighted by Crippen LogP contribution is -2.43. The molecule has 1 atom stereocenters. The number of aryl methyl sites for hydroxylation is 1. The second kappa shape index (κ2) is 11.6. The third-order valence-corrected chi connectivity index (χ3v) is 4.29. The molecule has 1 N–H and O–H groups in total. The first-order valence-corrected chi connectivity index (χ1v) is 9.60. The summed E-state index contributed by atoms with van der Waals surface area (Å²) in [6.07, 6.45) is 8.30. The first-order chi connectivity index (χ1) is 12.4. The fraction of sp³-hybridized carbons (Fsp3) is 0.778. The fourth-order valence-corrected chi connectivity index (χ4v) is 2.96. The lowest BCUT2D eigenvalue weighted by Gasteiger charge is -2.26. The number of unbranched alkanes of at least 4 members (excludes halogenated alkanes) is 4. The van der Waals surface area contributed by atoms with E-state index in [0.717, 1.165) is 32.5 Å². The maximum Gasteiger partial charge on any atom is 0.320 e. The van der Waals surface area contributed by atoms with Gasteiger partial charge < -0.3 is 10.2 Å². The number of hydrogen-bond donors (Lipinski definition) is 1. The van der Waals surface area contributed by atoms with E-state index in [4.69, 9.17) is 0 Å². The zero-order valence-electron chi connectivity index (χ0n) is 16.5. The van der Waals surface area contributed by atoms with E-state index in [-0.39, 0.29) is 17.4 Å². The average molecular weight is 367 g/mol. The summed E-state index contributed by atoms with van der Waals surface area (Å²) >= 11 is 0. The molecule has 0 saturated heterocycles. The molecule has 1 heterocycles. The highest BCUT2D eigenvalue weighted by Crippen LogP contribution is 2.16. The van der Waals surface area contributed by atoms with Crippen molar-refractivity contribution < 1.29 is 9.72 Å². The highest BCUT2D eigenvalue weighted by Gasteiger charge is 2.26. The van der Waals surface area contributed by atoms with Crippen LogP contribution < -0.4 is 5.32 Å². The van der Waals surface area contributed by atoms with Gasteiger partial charge in [-0.15, -0.1) is 0 Å². The van der Waals surface area contributed by atoms with Crippen LogP contribution in [-0.2, 0) is 7.05 Å². The smallest absolute Gasteiger partial charge is 0.320 e. The van der Waals surface area contributed by atoms with Crippen LogP contribution in [-0.4, -0.2) is 51.2 Å². The summed E-state index contributed by atoms with van der Waals surface area (Å²) in [4.78, 5) is 25.2. The van der Waals surface area contributed by atoms with Crippen molar-refractivity contribution in [1.82, 2.24) is 20.0 Å². The predicted molar refractivity (Wildman–Crippen MR) is 102 cm³/mol. The summed E-state index contributed by atoms with van der Waals surface area (Å²) < 4.78 is 1.29. The Morgan fingerprint density at radius 3 is 2.35 bits per heavy atom.